The van der Waals surface area contributed by atoms with Gasteiger partial charge in [0.2, 0.25) is 0 Å². The number of pyridine rings is 1. The number of rotatable bonds is 5. The molecule has 0 atom stereocenters. The molecule has 4 aromatic rings. The van der Waals surface area contributed by atoms with E-state index < -0.39 is 17.6 Å². The number of hydrogen-bond donors (Lipinski definition) is 1. The largest absolute Gasteiger partial charge is 0.432 e. The van der Waals surface area contributed by atoms with Gasteiger partial charge in [-0.05, 0) is 48.5 Å². The van der Waals surface area contributed by atoms with Gasteiger partial charge in [-0.15, -0.1) is 0 Å². The van der Waals surface area contributed by atoms with Gasteiger partial charge in [0.25, 0.3) is 5.91 Å². The van der Waals surface area contributed by atoms with E-state index in [0.717, 1.165) is 12.1 Å². The summed E-state index contributed by atoms with van der Waals surface area (Å²) in [5.74, 6) is -0.701. The lowest BCUT2D eigenvalue weighted by Gasteiger charge is -2.22. The van der Waals surface area contributed by atoms with E-state index in [9.17, 15) is 18.0 Å². The molecule has 2 aromatic carbocycles. The van der Waals surface area contributed by atoms with Crippen LogP contribution in [0.3, 0.4) is 0 Å². The standard InChI is InChI=1S/C22H14ClF3N4O2/c23-18-7-6-16(29-20(31)14-3-1-4-15(11-14)22(24,25)26)12-19(18)30(21-28-9-10-32-21)17-5-2-8-27-13-17/h1-13H,(H,29,31). The van der Waals surface area contributed by atoms with Gasteiger partial charge in [-0.25, -0.2) is 4.98 Å². The van der Waals surface area contributed by atoms with Crippen LogP contribution < -0.4 is 10.2 Å². The maximum absolute atomic E-state index is 13.0. The van der Waals surface area contributed by atoms with Gasteiger partial charge >= 0.3 is 12.2 Å². The number of amides is 1. The van der Waals surface area contributed by atoms with Gasteiger partial charge in [-0.1, -0.05) is 17.7 Å². The lowest BCUT2D eigenvalue weighted by molar-refractivity contribution is -0.137. The normalized spacial score (nSPS) is 11.2. The highest BCUT2D eigenvalue weighted by atomic mass is 35.5. The van der Waals surface area contributed by atoms with Crippen LogP contribution >= 0.6 is 11.6 Å². The Bertz CT molecular complexity index is 1230. The van der Waals surface area contributed by atoms with Crippen LogP contribution in [0.2, 0.25) is 5.02 Å². The lowest BCUT2D eigenvalue weighted by Crippen LogP contribution is -2.15. The summed E-state index contributed by atoms with van der Waals surface area (Å²) in [5, 5.41) is 2.92. The molecule has 2 heterocycles. The summed E-state index contributed by atoms with van der Waals surface area (Å²) < 4.78 is 44.3. The lowest BCUT2D eigenvalue weighted by atomic mass is 10.1. The van der Waals surface area contributed by atoms with E-state index in [0.29, 0.717) is 22.1 Å². The molecule has 0 spiro atoms. The molecule has 0 unspecified atom stereocenters. The van der Waals surface area contributed by atoms with E-state index in [2.05, 4.69) is 15.3 Å². The first-order valence-corrected chi connectivity index (χ1v) is 9.58. The van der Waals surface area contributed by atoms with Crippen molar-refractivity contribution in [2.24, 2.45) is 0 Å². The van der Waals surface area contributed by atoms with Crippen molar-refractivity contribution >= 4 is 40.6 Å². The maximum Gasteiger partial charge on any atom is 0.416 e. The molecule has 162 valence electrons. The Kier molecular flexibility index (Phi) is 5.83. The Morgan fingerprint density at radius 1 is 1.06 bits per heavy atom. The number of carbonyl (C=O) groups is 1. The van der Waals surface area contributed by atoms with Crippen LogP contribution in [-0.4, -0.2) is 15.9 Å². The molecule has 0 saturated carbocycles. The summed E-state index contributed by atoms with van der Waals surface area (Å²) in [5.41, 5.74) is 0.288. The molecule has 4 rings (SSSR count). The highest BCUT2D eigenvalue weighted by Gasteiger charge is 2.31. The summed E-state index contributed by atoms with van der Waals surface area (Å²) in [7, 11) is 0. The van der Waals surface area contributed by atoms with E-state index in [1.165, 1.54) is 30.7 Å². The fourth-order valence-electron chi connectivity index (χ4n) is 2.97. The fraction of sp³-hybridized carbons (Fsp3) is 0.0455. The topological polar surface area (TPSA) is 71.3 Å². The van der Waals surface area contributed by atoms with Crippen LogP contribution in [-0.2, 0) is 6.18 Å². The predicted molar refractivity (Wildman–Crippen MR) is 113 cm³/mol. The number of carbonyl (C=O) groups excluding carboxylic acids is 1. The Labute approximate surface area is 185 Å². The monoisotopic (exact) mass is 458 g/mol. The van der Waals surface area contributed by atoms with Crippen LogP contribution in [0.5, 0.6) is 0 Å². The second-order valence-corrected chi connectivity index (χ2v) is 6.97. The van der Waals surface area contributed by atoms with Crippen molar-refractivity contribution in [1.29, 1.82) is 0 Å². The third-order valence-electron chi connectivity index (χ3n) is 4.41. The van der Waals surface area contributed by atoms with Crippen LogP contribution in [0.15, 0.2) is 83.9 Å². The van der Waals surface area contributed by atoms with Crippen molar-refractivity contribution in [2.45, 2.75) is 6.18 Å². The first kappa shape index (κ1) is 21.4. The predicted octanol–water partition coefficient (Wildman–Crippen LogP) is 6.46. The molecule has 32 heavy (non-hydrogen) atoms. The number of hydrogen-bond acceptors (Lipinski definition) is 5. The molecule has 0 saturated heterocycles. The van der Waals surface area contributed by atoms with Gasteiger partial charge in [0.05, 0.1) is 34.4 Å². The van der Waals surface area contributed by atoms with Crippen LogP contribution in [0.1, 0.15) is 15.9 Å². The molecule has 0 aliphatic carbocycles. The number of oxazole rings is 1. The van der Waals surface area contributed by atoms with Crippen molar-refractivity contribution < 1.29 is 22.4 Å². The molecule has 0 radical (unpaired) electrons. The molecule has 10 heteroatoms. The molecule has 2 aromatic heterocycles. The summed E-state index contributed by atoms with van der Waals surface area (Å²) >= 11 is 6.41. The Morgan fingerprint density at radius 2 is 1.91 bits per heavy atom. The summed E-state index contributed by atoms with van der Waals surface area (Å²) in [4.78, 5) is 22.4. The van der Waals surface area contributed by atoms with Crippen LogP contribution in [0, 0.1) is 0 Å². The summed E-state index contributed by atoms with van der Waals surface area (Å²) in [6.45, 7) is 0. The summed E-state index contributed by atoms with van der Waals surface area (Å²) in [6.07, 6.45) is 1.49. The zero-order valence-corrected chi connectivity index (χ0v) is 16.9. The number of aromatic nitrogens is 2. The van der Waals surface area contributed by atoms with Crippen molar-refractivity contribution in [2.75, 3.05) is 10.2 Å². The van der Waals surface area contributed by atoms with Crippen LogP contribution in [0.4, 0.5) is 36.2 Å². The smallest absolute Gasteiger partial charge is 0.416 e. The molecule has 0 fully saturated rings. The van der Waals surface area contributed by atoms with Gasteiger partial charge in [0.15, 0.2) is 0 Å². The van der Waals surface area contributed by atoms with E-state index >= 15 is 0 Å². The van der Waals surface area contributed by atoms with E-state index in [1.54, 1.807) is 41.6 Å². The zero-order valence-electron chi connectivity index (χ0n) is 16.2. The number of nitrogens with zero attached hydrogens (tertiary/aromatic N) is 3. The molecule has 6 nitrogen and oxygen atoms in total. The second-order valence-electron chi connectivity index (χ2n) is 6.56. The first-order chi connectivity index (χ1) is 15.3. The van der Waals surface area contributed by atoms with Gasteiger partial charge < -0.3 is 9.73 Å². The number of halogens is 4. The molecular weight excluding hydrogens is 445 g/mol. The molecule has 1 amide bonds. The SMILES string of the molecule is O=C(Nc1ccc(Cl)c(N(c2cccnc2)c2ncco2)c1)c1cccc(C(F)(F)F)c1. The van der Waals surface area contributed by atoms with Crippen molar-refractivity contribution in [3.63, 3.8) is 0 Å². The highest BCUT2D eigenvalue weighted by Crippen LogP contribution is 2.39. The quantitative estimate of drug-likeness (QED) is 0.371. The number of alkyl halides is 3. The average Bonchev–Trinajstić information content (AvgIpc) is 3.31. The van der Waals surface area contributed by atoms with Gasteiger partial charge in [0, 0.05) is 17.4 Å². The van der Waals surface area contributed by atoms with Crippen molar-refractivity contribution in [1.82, 2.24) is 9.97 Å². The Morgan fingerprint density at radius 3 is 2.59 bits per heavy atom. The van der Waals surface area contributed by atoms with E-state index in [4.69, 9.17) is 16.0 Å². The molecule has 1 N–H and O–H groups in total. The minimum atomic E-state index is -4.55. The zero-order chi connectivity index (χ0) is 22.7. The molecule has 0 aliphatic heterocycles. The van der Waals surface area contributed by atoms with E-state index in [1.807, 2.05) is 0 Å². The van der Waals surface area contributed by atoms with Gasteiger partial charge in [-0.3, -0.25) is 14.7 Å². The maximum atomic E-state index is 13.0. The Balaban J connectivity index is 1.68. The summed E-state index contributed by atoms with van der Waals surface area (Å²) in [6, 6.07) is 12.5. The number of nitrogens with one attached hydrogen (secondary N) is 1. The minimum Gasteiger partial charge on any atom is -0.432 e. The van der Waals surface area contributed by atoms with Gasteiger partial charge in [0.1, 0.15) is 6.26 Å². The third kappa shape index (κ3) is 4.57. The second kappa shape index (κ2) is 8.72. The Hall–Kier alpha value is -3.85. The fourth-order valence-corrected chi connectivity index (χ4v) is 3.17. The van der Waals surface area contributed by atoms with Crippen molar-refractivity contribution in [3.05, 3.63) is 95.6 Å². The average molecular weight is 459 g/mol. The molecular formula is C22H14ClF3N4O2. The first-order valence-electron chi connectivity index (χ1n) is 9.21. The highest BCUT2D eigenvalue weighted by molar-refractivity contribution is 6.33. The van der Waals surface area contributed by atoms with E-state index in [-0.39, 0.29) is 11.6 Å². The number of benzene rings is 2. The third-order valence-corrected chi connectivity index (χ3v) is 4.73. The molecule has 0 aliphatic rings. The number of anilines is 4. The minimum absolute atomic E-state index is 0.131. The van der Waals surface area contributed by atoms with Crippen LogP contribution in [0.25, 0.3) is 0 Å². The molecule has 0 bridgehead atoms. The van der Waals surface area contributed by atoms with Gasteiger partial charge in [-0.2, -0.15) is 13.2 Å². The van der Waals surface area contributed by atoms with Crippen molar-refractivity contribution in [3.8, 4) is 0 Å².